The fourth-order valence-corrected chi connectivity index (χ4v) is 5.78. The van der Waals surface area contributed by atoms with E-state index in [2.05, 4.69) is 22.4 Å². The number of benzene rings is 3. The largest absolute Gasteiger partial charge is 0.415 e. The third-order valence-corrected chi connectivity index (χ3v) is 8.49. The molecular formula is C31H32N6O3S. The third kappa shape index (κ3) is 5.05. The third-order valence-electron chi connectivity index (χ3n) is 7.55. The van der Waals surface area contributed by atoms with Crippen molar-refractivity contribution in [2.24, 2.45) is 7.05 Å². The van der Waals surface area contributed by atoms with E-state index in [1.54, 1.807) is 15.8 Å². The molecule has 10 heteroatoms. The van der Waals surface area contributed by atoms with Gasteiger partial charge in [0.1, 0.15) is 11.4 Å². The number of ether oxygens (including phenoxy) is 1. The van der Waals surface area contributed by atoms with Crippen LogP contribution in [0.15, 0.2) is 65.6 Å². The Balaban J connectivity index is 1.42. The average Bonchev–Trinajstić information content (AvgIpc) is 3.68. The van der Waals surface area contributed by atoms with Crippen LogP contribution >= 0.6 is 0 Å². The maximum absolute atomic E-state index is 13.2. The van der Waals surface area contributed by atoms with Gasteiger partial charge in [0.25, 0.3) is 0 Å². The highest BCUT2D eigenvalue weighted by Crippen LogP contribution is 2.39. The lowest BCUT2D eigenvalue weighted by molar-refractivity contribution is 0.157. The van der Waals surface area contributed by atoms with Crippen LogP contribution in [-0.4, -0.2) is 54.3 Å². The van der Waals surface area contributed by atoms with Crippen LogP contribution in [0.4, 0.5) is 4.79 Å². The number of nitrogens with one attached hydrogen (secondary N) is 2. The van der Waals surface area contributed by atoms with Gasteiger partial charge in [0, 0.05) is 60.7 Å². The van der Waals surface area contributed by atoms with E-state index < -0.39 is 16.9 Å². The van der Waals surface area contributed by atoms with E-state index >= 15 is 0 Å². The molecule has 0 bridgehead atoms. The number of H-pyrrole nitrogens is 1. The van der Waals surface area contributed by atoms with Gasteiger partial charge in [-0.15, -0.1) is 0 Å². The lowest BCUT2D eigenvalue weighted by atomic mass is 10.0. The lowest BCUT2D eigenvalue weighted by Gasteiger charge is -2.18. The number of carbonyl (C=O) groups is 1. The van der Waals surface area contributed by atoms with E-state index in [-0.39, 0.29) is 0 Å². The van der Waals surface area contributed by atoms with Gasteiger partial charge < -0.3 is 19.9 Å². The molecule has 1 amide bonds. The molecule has 0 saturated carbocycles. The van der Waals surface area contributed by atoms with Gasteiger partial charge in [-0.1, -0.05) is 36.4 Å². The van der Waals surface area contributed by atoms with E-state index in [1.165, 1.54) is 11.1 Å². The zero-order valence-electron chi connectivity index (χ0n) is 23.5. The first-order valence-corrected chi connectivity index (χ1v) is 15.2. The molecule has 9 nitrogen and oxygen atoms in total. The Morgan fingerprint density at radius 1 is 0.976 bits per heavy atom. The SMILES string of the molecule is CCN(CC)C(=O)Oc1c(-c2ccc(-c3ccc(S(C)=O)cc3)cc2)nn(C)c1-c1nc2cc3c(cc2[nH]1)CNC3. The molecule has 1 unspecified atom stereocenters. The number of aromatic amines is 1. The molecule has 3 aromatic carbocycles. The Morgan fingerprint density at radius 3 is 2.22 bits per heavy atom. The second-order valence-corrected chi connectivity index (χ2v) is 11.5. The van der Waals surface area contributed by atoms with Crippen LogP contribution in [-0.2, 0) is 30.9 Å². The topological polar surface area (TPSA) is 105 Å². The molecule has 5 aromatic rings. The smallest absolute Gasteiger partial charge is 0.405 e. The minimum atomic E-state index is -1.02. The lowest BCUT2D eigenvalue weighted by Crippen LogP contribution is -2.33. The van der Waals surface area contributed by atoms with Gasteiger partial charge in [-0.2, -0.15) is 5.10 Å². The molecule has 0 spiro atoms. The van der Waals surface area contributed by atoms with Gasteiger partial charge in [-0.3, -0.25) is 8.89 Å². The van der Waals surface area contributed by atoms with Gasteiger partial charge >= 0.3 is 6.09 Å². The molecule has 1 aliphatic rings. The van der Waals surface area contributed by atoms with Gasteiger partial charge in [-0.05, 0) is 60.4 Å². The summed E-state index contributed by atoms with van der Waals surface area (Å²) in [5, 5.41) is 8.18. The van der Waals surface area contributed by atoms with Crippen LogP contribution < -0.4 is 10.1 Å². The summed E-state index contributed by atoms with van der Waals surface area (Å²) in [6.07, 6.45) is 1.24. The zero-order chi connectivity index (χ0) is 28.7. The van der Waals surface area contributed by atoms with Crippen LogP contribution in [0.2, 0.25) is 0 Å². The fraction of sp³-hybridized carbons (Fsp3) is 0.258. The maximum atomic E-state index is 13.2. The first kappa shape index (κ1) is 26.9. The van der Waals surface area contributed by atoms with Crippen molar-refractivity contribution in [2.45, 2.75) is 31.8 Å². The highest BCUT2D eigenvalue weighted by atomic mass is 32.2. The monoisotopic (exact) mass is 568 g/mol. The van der Waals surface area contributed by atoms with Crippen molar-refractivity contribution in [2.75, 3.05) is 19.3 Å². The number of hydrogen-bond acceptors (Lipinski definition) is 6. The standard InChI is InChI=1S/C31H32N6O3S/c1-5-37(6-2)31(38)40-29-27(21-9-7-19(8-10-21)20-11-13-24(14-12-20)41(4)39)35-36(3)28(29)30-33-25-15-22-17-32-18-23(22)16-26(25)34-30/h7-16,32H,5-6,17-18H2,1-4H3,(H,33,34). The number of fused-ring (bicyclic) bond motifs is 2. The van der Waals surface area contributed by atoms with E-state index in [1.807, 2.05) is 69.4 Å². The number of carbonyl (C=O) groups excluding carboxylic acids is 1. The fourth-order valence-electron chi connectivity index (χ4n) is 5.26. The van der Waals surface area contributed by atoms with Crippen LogP contribution in [0.3, 0.4) is 0 Å². The minimum Gasteiger partial charge on any atom is -0.405 e. The molecule has 2 N–H and O–H groups in total. The summed E-state index contributed by atoms with van der Waals surface area (Å²) < 4.78 is 19.6. The van der Waals surface area contributed by atoms with Crippen LogP contribution in [0.5, 0.6) is 5.75 Å². The average molecular weight is 569 g/mol. The highest BCUT2D eigenvalue weighted by Gasteiger charge is 2.27. The van der Waals surface area contributed by atoms with Crippen molar-refractivity contribution in [1.82, 2.24) is 30.0 Å². The van der Waals surface area contributed by atoms with E-state index in [0.29, 0.717) is 36.1 Å². The molecule has 0 radical (unpaired) electrons. The summed E-state index contributed by atoms with van der Waals surface area (Å²) in [6.45, 7) is 6.57. The Kier molecular flexibility index (Phi) is 7.19. The second-order valence-electron chi connectivity index (χ2n) is 10.1. The van der Waals surface area contributed by atoms with Crippen molar-refractivity contribution in [3.8, 4) is 39.7 Å². The van der Waals surface area contributed by atoms with E-state index in [0.717, 1.165) is 45.7 Å². The normalized spacial score (nSPS) is 13.4. The van der Waals surface area contributed by atoms with Crippen molar-refractivity contribution in [3.63, 3.8) is 0 Å². The number of aromatic nitrogens is 4. The number of nitrogens with zero attached hydrogens (tertiary/aromatic N) is 4. The Hall–Kier alpha value is -4.28. The molecule has 0 saturated heterocycles. The van der Waals surface area contributed by atoms with Crippen molar-refractivity contribution < 1.29 is 13.7 Å². The van der Waals surface area contributed by atoms with Gasteiger partial charge in [-0.25, -0.2) is 9.78 Å². The number of hydrogen-bond donors (Lipinski definition) is 2. The summed E-state index contributed by atoms with van der Waals surface area (Å²) in [5.41, 5.74) is 8.27. The summed E-state index contributed by atoms with van der Waals surface area (Å²) in [6, 6.07) is 19.9. The van der Waals surface area contributed by atoms with Gasteiger partial charge in [0.05, 0.1) is 11.0 Å². The molecule has 0 aliphatic carbocycles. The summed E-state index contributed by atoms with van der Waals surface area (Å²) in [5.74, 6) is 0.949. The van der Waals surface area contributed by atoms with Gasteiger partial charge in [0.15, 0.2) is 11.6 Å². The molecule has 1 atom stereocenters. The molecule has 3 heterocycles. The Morgan fingerprint density at radius 2 is 1.59 bits per heavy atom. The first-order valence-electron chi connectivity index (χ1n) is 13.7. The summed E-state index contributed by atoms with van der Waals surface area (Å²) in [7, 11) is 0.809. The second kappa shape index (κ2) is 10.9. The van der Waals surface area contributed by atoms with Crippen molar-refractivity contribution in [1.29, 1.82) is 0 Å². The molecule has 1 aliphatic heterocycles. The van der Waals surface area contributed by atoms with E-state index in [4.69, 9.17) is 14.8 Å². The molecule has 210 valence electrons. The molecular weight excluding hydrogens is 536 g/mol. The van der Waals surface area contributed by atoms with Crippen molar-refractivity contribution in [3.05, 3.63) is 71.8 Å². The van der Waals surface area contributed by atoms with E-state index in [9.17, 15) is 9.00 Å². The van der Waals surface area contributed by atoms with Gasteiger partial charge in [0.2, 0.25) is 0 Å². The summed E-state index contributed by atoms with van der Waals surface area (Å²) in [4.78, 5) is 23.9. The first-order chi connectivity index (χ1) is 19.9. The van der Waals surface area contributed by atoms with Crippen LogP contribution in [0.25, 0.3) is 44.9 Å². The number of imidazole rings is 1. The Bertz CT molecular complexity index is 1730. The zero-order valence-corrected chi connectivity index (χ0v) is 24.3. The maximum Gasteiger partial charge on any atom is 0.415 e. The molecule has 6 rings (SSSR count). The number of amides is 1. The van der Waals surface area contributed by atoms with Crippen LogP contribution in [0.1, 0.15) is 25.0 Å². The molecule has 0 fully saturated rings. The molecule has 2 aromatic heterocycles. The minimum absolute atomic E-state index is 0.361. The predicted molar refractivity (Wildman–Crippen MR) is 161 cm³/mol. The predicted octanol–water partition coefficient (Wildman–Crippen LogP) is 5.48. The van der Waals surface area contributed by atoms with Crippen LogP contribution in [0, 0.1) is 0 Å². The number of rotatable bonds is 7. The number of aryl methyl sites for hydroxylation is 1. The Labute approximate surface area is 241 Å². The summed E-state index contributed by atoms with van der Waals surface area (Å²) >= 11 is 0. The highest BCUT2D eigenvalue weighted by molar-refractivity contribution is 7.84. The van der Waals surface area contributed by atoms with Crippen molar-refractivity contribution >= 4 is 27.9 Å². The molecule has 41 heavy (non-hydrogen) atoms. The quantitative estimate of drug-likeness (QED) is 0.270.